The summed E-state index contributed by atoms with van der Waals surface area (Å²) in [6, 6.07) is 27.9. The van der Waals surface area contributed by atoms with Crippen molar-refractivity contribution in [3.63, 3.8) is 0 Å². The second-order valence-electron chi connectivity index (χ2n) is 11.2. The van der Waals surface area contributed by atoms with Crippen molar-refractivity contribution in [3.8, 4) is 6.07 Å². The molecule has 0 aromatic heterocycles. The SMILES string of the molecule is N#Cc1ccc([C@@H]2[C@@H]3C(=O)N(Cc4ccccc4)C(=O)[C@@H]3[C@H]3C[C@H](O)CN32)cc1.O=C1C=CC(=O)N1Cc1ccccc1. The minimum absolute atomic E-state index is 0.132. The molecule has 4 amide bonds. The normalized spacial score (nSPS) is 25.9. The largest absolute Gasteiger partial charge is 0.392 e. The molecule has 0 radical (unpaired) electrons. The van der Waals surface area contributed by atoms with E-state index in [0.29, 0.717) is 25.1 Å². The Labute approximate surface area is 249 Å². The van der Waals surface area contributed by atoms with Crippen LogP contribution in [0, 0.1) is 23.2 Å². The molecule has 4 aliphatic rings. The first-order valence-electron chi connectivity index (χ1n) is 14.3. The van der Waals surface area contributed by atoms with Crippen molar-refractivity contribution in [3.05, 3.63) is 119 Å². The van der Waals surface area contributed by atoms with Crippen LogP contribution in [0.4, 0.5) is 0 Å². The molecule has 4 aliphatic heterocycles. The number of carbonyl (C=O) groups excluding carboxylic acids is 4. The Morgan fingerprint density at radius 1 is 0.721 bits per heavy atom. The summed E-state index contributed by atoms with van der Waals surface area (Å²) in [4.78, 5) is 53.8. The van der Waals surface area contributed by atoms with E-state index in [4.69, 9.17) is 5.26 Å². The van der Waals surface area contributed by atoms with Gasteiger partial charge in [0.15, 0.2) is 0 Å². The van der Waals surface area contributed by atoms with Gasteiger partial charge in [-0.05, 0) is 35.2 Å². The molecule has 0 aliphatic carbocycles. The van der Waals surface area contributed by atoms with E-state index in [9.17, 15) is 24.3 Å². The molecule has 0 saturated carbocycles. The summed E-state index contributed by atoms with van der Waals surface area (Å²) >= 11 is 0. The van der Waals surface area contributed by atoms with Crippen LogP contribution in [0.25, 0.3) is 0 Å². The predicted molar refractivity (Wildman–Crippen MR) is 155 cm³/mol. The zero-order valence-corrected chi connectivity index (χ0v) is 23.3. The summed E-state index contributed by atoms with van der Waals surface area (Å²) < 4.78 is 0. The Bertz CT molecular complexity index is 1600. The van der Waals surface area contributed by atoms with Crippen LogP contribution in [-0.2, 0) is 32.3 Å². The van der Waals surface area contributed by atoms with Gasteiger partial charge in [-0.3, -0.25) is 33.9 Å². The van der Waals surface area contributed by atoms with Crippen molar-refractivity contribution in [1.29, 1.82) is 5.26 Å². The molecule has 4 heterocycles. The van der Waals surface area contributed by atoms with Gasteiger partial charge in [0, 0.05) is 30.8 Å². The molecule has 1 N–H and O–H groups in total. The highest BCUT2D eigenvalue weighted by atomic mass is 16.3. The number of aliphatic hydroxyl groups is 1. The quantitative estimate of drug-likeness (QED) is 0.465. The Balaban J connectivity index is 0.000000197. The molecule has 3 aromatic rings. The van der Waals surface area contributed by atoms with Crippen LogP contribution >= 0.6 is 0 Å². The van der Waals surface area contributed by atoms with Gasteiger partial charge < -0.3 is 5.11 Å². The van der Waals surface area contributed by atoms with Crippen molar-refractivity contribution >= 4 is 23.6 Å². The maximum Gasteiger partial charge on any atom is 0.253 e. The zero-order valence-electron chi connectivity index (χ0n) is 23.3. The van der Waals surface area contributed by atoms with Crippen LogP contribution in [0.15, 0.2) is 97.1 Å². The molecule has 5 atom stereocenters. The number of hydrogen-bond donors (Lipinski definition) is 1. The molecule has 9 nitrogen and oxygen atoms in total. The van der Waals surface area contributed by atoms with Gasteiger partial charge in [-0.25, -0.2) is 0 Å². The van der Waals surface area contributed by atoms with E-state index < -0.39 is 17.9 Å². The van der Waals surface area contributed by atoms with Gasteiger partial charge in [0.05, 0.1) is 42.7 Å². The number of amides is 4. The molecule has 43 heavy (non-hydrogen) atoms. The molecule has 0 bridgehead atoms. The molecule has 0 spiro atoms. The number of benzene rings is 3. The van der Waals surface area contributed by atoms with Crippen LogP contribution in [0.1, 0.15) is 34.7 Å². The van der Waals surface area contributed by atoms with Crippen molar-refractivity contribution < 1.29 is 24.3 Å². The molecule has 3 aromatic carbocycles. The van der Waals surface area contributed by atoms with E-state index in [2.05, 4.69) is 11.0 Å². The number of fused-ring (bicyclic) bond motifs is 3. The molecule has 3 fully saturated rings. The van der Waals surface area contributed by atoms with Gasteiger partial charge >= 0.3 is 0 Å². The summed E-state index contributed by atoms with van der Waals surface area (Å²) in [6.45, 7) is 1.09. The maximum atomic E-state index is 13.4. The number of carbonyl (C=O) groups is 4. The third-order valence-electron chi connectivity index (χ3n) is 8.61. The van der Waals surface area contributed by atoms with Gasteiger partial charge in [0.1, 0.15) is 0 Å². The van der Waals surface area contributed by atoms with Crippen LogP contribution in [0.5, 0.6) is 0 Å². The highest BCUT2D eigenvalue weighted by Gasteiger charge is 2.64. The Morgan fingerprint density at radius 2 is 1.26 bits per heavy atom. The standard InChI is InChI=1S/C23H21N3O3.C11H9NO2/c24-11-14-6-8-16(9-7-14)21-20-19(18-10-17(27)13-25(18)21)22(28)26(23(20)29)12-15-4-2-1-3-5-15;13-10-6-7-11(14)12(10)8-9-4-2-1-3-5-9/h1-9,17-21,27H,10,12-13H2;1-7H,8H2/t17-,18+,19+,20+,21+;/m0./s1. The minimum Gasteiger partial charge on any atom is -0.392 e. The number of rotatable bonds is 5. The van der Waals surface area contributed by atoms with Crippen LogP contribution in [0.2, 0.25) is 0 Å². The number of aliphatic hydroxyl groups excluding tert-OH is 1. The lowest BCUT2D eigenvalue weighted by Gasteiger charge is -2.28. The first-order chi connectivity index (χ1) is 20.9. The van der Waals surface area contributed by atoms with Gasteiger partial charge in [-0.2, -0.15) is 5.26 Å². The van der Waals surface area contributed by atoms with Gasteiger partial charge in [-0.1, -0.05) is 72.8 Å². The lowest BCUT2D eigenvalue weighted by molar-refractivity contribution is -0.142. The topological polar surface area (TPSA) is 122 Å². The minimum atomic E-state index is -0.493. The first-order valence-corrected chi connectivity index (χ1v) is 14.3. The average Bonchev–Trinajstić information content (AvgIpc) is 3.72. The highest BCUT2D eigenvalue weighted by molar-refractivity contribution is 6.12. The van der Waals surface area contributed by atoms with Crippen molar-refractivity contribution in [2.24, 2.45) is 11.8 Å². The predicted octanol–water partition coefficient (Wildman–Crippen LogP) is 2.96. The molecule has 216 valence electrons. The van der Waals surface area contributed by atoms with Gasteiger partial charge in [-0.15, -0.1) is 0 Å². The fourth-order valence-electron chi connectivity index (χ4n) is 6.69. The second-order valence-corrected chi connectivity index (χ2v) is 11.2. The third kappa shape index (κ3) is 5.39. The van der Waals surface area contributed by atoms with E-state index in [-0.39, 0.29) is 42.3 Å². The Hall–Kier alpha value is -4.91. The summed E-state index contributed by atoms with van der Waals surface area (Å²) in [7, 11) is 0. The van der Waals surface area contributed by atoms with Crippen molar-refractivity contribution in [2.75, 3.05) is 6.54 Å². The molecular formula is C34H30N4O5. The second kappa shape index (κ2) is 11.8. The number of nitriles is 1. The highest BCUT2D eigenvalue weighted by Crippen LogP contribution is 2.53. The number of hydrogen-bond acceptors (Lipinski definition) is 7. The molecular weight excluding hydrogens is 544 g/mol. The van der Waals surface area contributed by atoms with E-state index in [1.807, 2.05) is 72.8 Å². The lowest BCUT2D eigenvalue weighted by Crippen LogP contribution is -2.39. The van der Waals surface area contributed by atoms with E-state index in [1.54, 1.807) is 12.1 Å². The van der Waals surface area contributed by atoms with E-state index in [0.717, 1.165) is 16.7 Å². The van der Waals surface area contributed by atoms with Gasteiger partial charge in [0.2, 0.25) is 11.8 Å². The number of nitrogens with zero attached hydrogens (tertiary/aromatic N) is 4. The summed E-state index contributed by atoms with van der Waals surface area (Å²) in [5, 5.41) is 19.3. The zero-order chi connectivity index (χ0) is 30.1. The fourth-order valence-corrected chi connectivity index (χ4v) is 6.69. The Morgan fingerprint density at radius 3 is 1.81 bits per heavy atom. The molecule has 9 heteroatoms. The first kappa shape index (κ1) is 28.2. The summed E-state index contributed by atoms with van der Waals surface area (Å²) in [6.07, 6.45) is 2.61. The maximum absolute atomic E-state index is 13.4. The molecule has 7 rings (SSSR count). The van der Waals surface area contributed by atoms with Crippen LogP contribution in [-0.4, -0.2) is 62.1 Å². The fraction of sp³-hybridized carbons (Fsp3) is 0.265. The monoisotopic (exact) mass is 574 g/mol. The smallest absolute Gasteiger partial charge is 0.253 e. The lowest BCUT2D eigenvalue weighted by atomic mass is 9.85. The molecule has 0 unspecified atom stereocenters. The third-order valence-corrected chi connectivity index (χ3v) is 8.61. The van der Waals surface area contributed by atoms with Crippen molar-refractivity contribution in [2.45, 2.75) is 37.7 Å². The van der Waals surface area contributed by atoms with Crippen LogP contribution < -0.4 is 0 Å². The van der Waals surface area contributed by atoms with Gasteiger partial charge in [0.25, 0.3) is 11.8 Å². The summed E-state index contributed by atoms with van der Waals surface area (Å²) in [5.41, 5.74) is 3.35. The summed E-state index contributed by atoms with van der Waals surface area (Å²) in [5.74, 6) is -1.62. The van der Waals surface area contributed by atoms with Crippen LogP contribution in [0.3, 0.4) is 0 Å². The molecule has 3 saturated heterocycles. The number of imide groups is 2. The van der Waals surface area contributed by atoms with E-state index >= 15 is 0 Å². The number of likely N-dealkylation sites (tertiary alicyclic amines) is 1. The van der Waals surface area contributed by atoms with Crippen molar-refractivity contribution in [1.82, 2.24) is 14.7 Å². The Kier molecular flexibility index (Phi) is 7.72. The average molecular weight is 575 g/mol. The van der Waals surface area contributed by atoms with E-state index in [1.165, 1.54) is 22.0 Å².